The van der Waals surface area contributed by atoms with Crippen LogP contribution in [0.15, 0.2) is 45.9 Å². The number of hydrogen-bond donors (Lipinski definition) is 2. The number of oxazole rings is 1. The average molecular weight is 522 g/mol. The summed E-state index contributed by atoms with van der Waals surface area (Å²) in [7, 11) is 1.75. The van der Waals surface area contributed by atoms with Gasteiger partial charge in [0.2, 0.25) is 5.89 Å². The van der Waals surface area contributed by atoms with Crippen molar-refractivity contribution in [1.29, 1.82) is 0 Å². The Hall–Kier alpha value is -2.36. The van der Waals surface area contributed by atoms with Crippen LogP contribution < -0.4 is 10.6 Å². The van der Waals surface area contributed by atoms with E-state index in [1.165, 1.54) is 0 Å². The molecule has 0 saturated heterocycles. The summed E-state index contributed by atoms with van der Waals surface area (Å²) in [6.45, 7) is 11.5. The highest BCUT2D eigenvalue weighted by molar-refractivity contribution is 14.0. The van der Waals surface area contributed by atoms with Gasteiger partial charge in [0.25, 0.3) is 0 Å². The molecule has 0 saturated carbocycles. The molecule has 0 bridgehead atoms. The lowest BCUT2D eigenvalue weighted by Crippen LogP contribution is -2.36. The monoisotopic (exact) mass is 522 g/mol. The van der Waals surface area contributed by atoms with Gasteiger partial charge in [0, 0.05) is 24.7 Å². The molecular formula is C22H31IN6O. The Balaban J connectivity index is 0.00000320. The molecule has 8 heteroatoms. The van der Waals surface area contributed by atoms with Gasteiger partial charge in [0.1, 0.15) is 5.76 Å². The van der Waals surface area contributed by atoms with Crippen LogP contribution in [0, 0.1) is 13.8 Å². The first-order valence-corrected chi connectivity index (χ1v) is 9.79. The summed E-state index contributed by atoms with van der Waals surface area (Å²) in [4.78, 5) is 8.65. The molecule has 3 aromatic rings. The van der Waals surface area contributed by atoms with E-state index in [4.69, 9.17) is 4.42 Å². The van der Waals surface area contributed by atoms with Gasteiger partial charge >= 0.3 is 0 Å². The molecule has 0 aliphatic rings. The second kappa shape index (κ2) is 10.1. The number of hydrogen-bond acceptors (Lipinski definition) is 4. The minimum absolute atomic E-state index is 0. The van der Waals surface area contributed by atoms with E-state index in [1.54, 1.807) is 13.2 Å². The van der Waals surface area contributed by atoms with E-state index in [-0.39, 0.29) is 29.4 Å². The van der Waals surface area contributed by atoms with Crippen LogP contribution in [0.2, 0.25) is 0 Å². The highest BCUT2D eigenvalue weighted by Crippen LogP contribution is 2.22. The number of benzene rings is 1. The van der Waals surface area contributed by atoms with Gasteiger partial charge in [-0.05, 0) is 31.5 Å². The van der Waals surface area contributed by atoms with E-state index >= 15 is 0 Å². The van der Waals surface area contributed by atoms with Crippen LogP contribution in [0.1, 0.15) is 49.4 Å². The molecule has 0 atom stereocenters. The third kappa shape index (κ3) is 5.84. The molecule has 1 aromatic carbocycles. The molecule has 30 heavy (non-hydrogen) atoms. The van der Waals surface area contributed by atoms with Gasteiger partial charge in [-0.1, -0.05) is 39.0 Å². The molecule has 0 amide bonds. The van der Waals surface area contributed by atoms with Gasteiger partial charge in [-0.25, -0.2) is 9.67 Å². The number of nitrogens with zero attached hydrogens (tertiary/aromatic N) is 4. The fourth-order valence-corrected chi connectivity index (χ4v) is 3.04. The van der Waals surface area contributed by atoms with Crippen molar-refractivity contribution in [2.24, 2.45) is 4.99 Å². The van der Waals surface area contributed by atoms with Crippen LogP contribution in [-0.4, -0.2) is 27.8 Å². The molecule has 3 rings (SSSR count). The van der Waals surface area contributed by atoms with Crippen LogP contribution >= 0.6 is 24.0 Å². The molecule has 0 radical (unpaired) electrons. The van der Waals surface area contributed by atoms with Crippen molar-refractivity contribution in [2.75, 3.05) is 7.05 Å². The summed E-state index contributed by atoms with van der Waals surface area (Å²) in [5.74, 6) is 2.20. The third-order valence-corrected chi connectivity index (χ3v) is 4.60. The summed E-state index contributed by atoms with van der Waals surface area (Å²) in [5.41, 5.74) is 4.24. The normalized spacial score (nSPS) is 11.9. The van der Waals surface area contributed by atoms with Crippen LogP contribution in [0.5, 0.6) is 0 Å². The number of halogens is 1. The predicted molar refractivity (Wildman–Crippen MR) is 131 cm³/mol. The van der Waals surface area contributed by atoms with Gasteiger partial charge < -0.3 is 15.1 Å². The van der Waals surface area contributed by atoms with Crippen LogP contribution in [-0.2, 0) is 18.5 Å². The zero-order valence-electron chi connectivity index (χ0n) is 18.5. The highest BCUT2D eigenvalue weighted by atomic mass is 127. The van der Waals surface area contributed by atoms with Crippen molar-refractivity contribution in [3.8, 4) is 5.69 Å². The first-order valence-electron chi connectivity index (χ1n) is 9.79. The van der Waals surface area contributed by atoms with E-state index in [0.29, 0.717) is 24.9 Å². The maximum absolute atomic E-state index is 5.83. The molecule has 2 heterocycles. The van der Waals surface area contributed by atoms with Crippen LogP contribution in [0.25, 0.3) is 5.69 Å². The van der Waals surface area contributed by atoms with Crippen LogP contribution in [0.4, 0.5) is 0 Å². The minimum atomic E-state index is -0.0577. The highest BCUT2D eigenvalue weighted by Gasteiger charge is 2.19. The van der Waals surface area contributed by atoms with E-state index < -0.39 is 0 Å². The number of guanidine groups is 1. The van der Waals surface area contributed by atoms with Crippen molar-refractivity contribution in [3.63, 3.8) is 0 Å². The van der Waals surface area contributed by atoms with Crippen molar-refractivity contribution in [3.05, 3.63) is 65.1 Å². The third-order valence-electron chi connectivity index (χ3n) is 4.60. The van der Waals surface area contributed by atoms with E-state index in [0.717, 1.165) is 28.4 Å². The van der Waals surface area contributed by atoms with Gasteiger partial charge in [0.15, 0.2) is 5.96 Å². The first kappa shape index (κ1) is 23.9. The fraction of sp³-hybridized carbons (Fsp3) is 0.409. The van der Waals surface area contributed by atoms with Crippen molar-refractivity contribution in [2.45, 2.75) is 53.1 Å². The molecular weight excluding hydrogens is 491 g/mol. The number of aromatic nitrogens is 3. The molecule has 2 aromatic heterocycles. The minimum Gasteiger partial charge on any atom is -0.443 e. The number of aryl methyl sites for hydroxylation is 2. The van der Waals surface area contributed by atoms with Crippen molar-refractivity contribution < 1.29 is 4.42 Å². The molecule has 0 fully saturated rings. The van der Waals surface area contributed by atoms with Gasteiger partial charge in [-0.15, -0.1) is 24.0 Å². The topological polar surface area (TPSA) is 80.3 Å². The van der Waals surface area contributed by atoms with E-state index in [9.17, 15) is 0 Å². The Morgan fingerprint density at radius 2 is 1.83 bits per heavy atom. The van der Waals surface area contributed by atoms with E-state index in [1.807, 2.05) is 23.7 Å². The van der Waals surface area contributed by atoms with E-state index in [2.05, 4.69) is 71.6 Å². The number of nitrogens with one attached hydrogen (secondary N) is 2. The Morgan fingerprint density at radius 1 is 1.13 bits per heavy atom. The maximum Gasteiger partial charge on any atom is 0.213 e. The van der Waals surface area contributed by atoms with Gasteiger partial charge in [0.05, 0.1) is 24.1 Å². The molecule has 0 aliphatic carbocycles. The summed E-state index contributed by atoms with van der Waals surface area (Å²) in [5, 5.41) is 11.2. The molecule has 2 N–H and O–H groups in total. The number of rotatable bonds is 5. The standard InChI is InChI=1S/C22H30N6O.HI/c1-15-11-16(2)28(27-15)18-10-8-7-9-17(18)12-25-21(23-6)26-14-20-24-13-19(29-20)22(3,4)5;/h7-11,13H,12,14H2,1-6H3,(H2,23,25,26);1H. The lowest BCUT2D eigenvalue weighted by Gasteiger charge is -2.15. The zero-order chi connectivity index (χ0) is 21.0. The first-order chi connectivity index (χ1) is 13.8. The fourth-order valence-electron chi connectivity index (χ4n) is 3.04. The van der Waals surface area contributed by atoms with Crippen molar-refractivity contribution >= 4 is 29.9 Å². The molecule has 162 valence electrons. The summed E-state index contributed by atoms with van der Waals surface area (Å²) < 4.78 is 7.81. The second-order valence-electron chi connectivity index (χ2n) is 8.12. The number of para-hydroxylation sites is 1. The smallest absolute Gasteiger partial charge is 0.213 e. The Morgan fingerprint density at radius 3 is 2.43 bits per heavy atom. The summed E-state index contributed by atoms with van der Waals surface area (Å²) >= 11 is 0. The van der Waals surface area contributed by atoms with Crippen LogP contribution in [0.3, 0.4) is 0 Å². The lowest BCUT2D eigenvalue weighted by molar-refractivity contribution is 0.379. The second-order valence-corrected chi connectivity index (χ2v) is 8.12. The zero-order valence-corrected chi connectivity index (χ0v) is 20.8. The molecule has 0 spiro atoms. The molecule has 7 nitrogen and oxygen atoms in total. The molecule has 0 unspecified atom stereocenters. The lowest BCUT2D eigenvalue weighted by atomic mass is 9.94. The van der Waals surface area contributed by atoms with Crippen molar-refractivity contribution in [1.82, 2.24) is 25.4 Å². The predicted octanol–water partition coefficient (Wildman–Crippen LogP) is 4.26. The average Bonchev–Trinajstić information content (AvgIpc) is 3.28. The maximum atomic E-state index is 5.83. The Bertz CT molecular complexity index is 999. The van der Waals surface area contributed by atoms with Gasteiger partial charge in [-0.3, -0.25) is 4.99 Å². The Kier molecular flexibility index (Phi) is 8.05. The van der Waals surface area contributed by atoms with Gasteiger partial charge in [-0.2, -0.15) is 5.10 Å². The summed E-state index contributed by atoms with van der Waals surface area (Å²) in [6, 6.07) is 10.3. The largest absolute Gasteiger partial charge is 0.443 e. The quantitative estimate of drug-likeness (QED) is 0.298. The SMILES string of the molecule is CN=C(NCc1ncc(C(C)(C)C)o1)NCc1ccccc1-n1nc(C)cc1C.I. The summed E-state index contributed by atoms with van der Waals surface area (Å²) in [6.07, 6.45) is 1.79. The Labute approximate surface area is 195 Å². The molecule has 0 aliphatic heterocycles. The number of aliphatic imine (C=N–C) groups is 1.